The molecule has 0 aliphatic carbocycles. The third kappa shape index (κ3) is 4.70. The van der Waals surface area contributed by atoms with Crippen LogP contribution in [0.15, 0.2) is 60.0 Å². The zero-order valence-electron chi connectivity index (χ0n) is 15.2. The molecule has 0 fully saturated rings. The van der Waals surface area contributed by atoms with Crippen LogP contribution in [-0.2, 0) is 11.2 Å². The van der Waals surface area contributed by atoms with Crippen LogP contribution in [-0.4, -0.2) is 26.4 Å². The molecule has 0 saturated carbocycles. The number of carbonyl (C=O) groups is 1. The van der Waals surface area contributed by atoms with Crippen molar-refractivity contribution in [1.82, 2.24) is 20.1 Å². The molecular weight excluding hydrogens is 380 g/mol. The van der Waals surface area contributed by atoms with Crippen molar-refractivity contribution in [3.8, 4) is 5.69 Å². The molecule has 2 aromatic carbocycles. The van der Waals surface area contributed by atoms with E-state index in [1.165, 1.54) is 17.3 Å². The zero-order chi connectivity index (χ0) is 19.2. The second-order valence-corrected chi connectivity index (χ2v) is 7.41. The molecule has 140 valence electrons. The summed E-state index contributed by atoms with van der Waals surface area (Å²) in [6.45, 7) is 4.03. The Balaban J connectivity index is 1.65. The van der Waals surface area contributed by atoms with Gasteiger partial charge in [0.1, 0.15) is 6.33 Å². The Morgan fingerprint density at radius 3 is 2.74 bits per heavy atom. The lowest BCUT2D eigenvalue weighted by atomic mass is 10.1. The Morgan fingerprint density at radius 2 is 1.96 bits per heavy atom. The van der Waals surface area contributed by atoms with Crippen LogP contribution in [0.1, 0.15) is 31.0 Å². The van der Waals surface area contributed by atoms with E-state index < -0.39 is 0 Å². The van der Waals surface area contributed by atoms with Crippen molar-refractivity contribution in [1.29, 1.82) is 0 Å². The molecule has 0 bridgehead atoms. The first-order chi connectivity index (χ1) is 13.1. The van der Waals surface area contributed by atoms with Gasteiger partial charge in [0.05, 0.1) is 17.5 Å². The van der Waals surface area contributed by atoms with Gasteiger partial charge in [0, 0.05) is 5.02 Å². The molecule has 1 aromatic heterocycles. The normalized spacial score (nSPS) is 12.0. The Hall–Kier alpha value is -2.31. The molecule has 3 rings (SSSR count). The standard InChI is InChI=1S/C20H21ClN4OS/c1-3-15-8-4-7-11-18(15)25-13-22-24-20(25)27-12-19(26)23-14(2)16-9-5-6-10-17(16)21/h4-11,13-14H,3,12H2,1-2H3,(H,23,26). The summed E-state index contributed by atoms with van der Waals surface area (Å²) in [4.78, 5) is 12.4. The monoisotopic (exact) mass is 400 g/mol. The molecular formula is C20H21ClN4OS. The fourth-order valence-electron chi connectivity index (χ4n) is 2.85. The van der Waals surface area contributed by atoms with Crippen LogP contribution in [0, 0.1) is 0 Å². The molecule has 0 saturated heterocycles. The van der Waals surface area contributed by atoms with Crippen LogP contribution in [0.5, 0.6) is 0 Å². The molecule has 7 heteroatoms. The molecule has 0 radical (unpaired) electrons. The summed E-state index contributed by atoms with van der Waals surface area (Å²) in [6.07, 6.45) is 2.59. The largest absolute Gasteiger partial charge is 0.349 e. The topological polar surface area (TPSA) is 59.8 Å². The number of thioether (sulfide) groups is 1. The van der Waals surface area contributed by atoms with Crippen LogP contribution in [0.4, 0.5) is 0 Å². The number of aryl methyl sites for hydroxylation is 1. The van der Waals surface area contributed by atoms with E-state index in [0.29, 0.717) is 10.2 Å². The summed E-state index contributed by atoms with van der Waals surface area (Å²) in [5.74, 6) is 0.174. The first-order valence-electron chi connectivity index (χ1n) is 8.75. The lowest BCUT2D eigenvalue weighted by molar-refractivity contribution is -0.119. The fourth-order valence-corrected chi connectivity index (χ4v) is 3.88. The summed E-state index contributed by atoms with van der Waals surface area (Å²) in [5, 5.41) is 12.5. The van der Waals surface area contributed by atoms with Crippen molar-refractivity contribution < 1.29 is 4.79 Å². The highest BCUT2D eigenvalue weighted by atomic mass is 35.5. The van der Waals surface area contributed by atoms with Crippen LogP contribution < -0.4 is 5.32 Å². The highest BCUT2D eigenvalue weighted by molar-refractivity contribution is 7.99. The van der Waals surface area contributed by atoms with Gasteiger partial charge in [0.2, 0.25) is 5.91 Å². The quantitative estimate of drug-likeness (QED) is 0.595. The smallest absolute Gasteiger partial charge is 0.230 e. The Bertz CT molecular complexity index is 928. The summed E-state index contributed by atoms with van der Waals surface area (Å²) < 4.78 is 1.92. The van der Waals surface area contributed by atoms with Crippen LogP contribution >= 0.6 is 23.4 Å². The van der Waals surface area contributed by atoms with Crippen LogP contribution in [0.3, 0.4) is 0 Å². The van der Waals surface area contributed by atoms with E-state index in [-0.39, 0.29) is 17.7 Å². The van der Waals surface area contributed by atoms with Crippen molar-refractivity contribution in [3.63, 3.8) is 0 Å². The van der Waals surface area contributed by atoms with Gasteiger partial charge in [-0.1, -0.05) is 66.7 Å². The van der Waals surface area contributed by atoms with Crippen LogP contribution in [0.2, 0.25) is 5.02 Å². The minimum Gasteiger partial charge on any atom is -0.349 e. The molecule has 0 aliphatic heterocycles. The molecule has 1 atom stereocenters. The predicted molar refractivity (Wildman–Crippen MR) is 109 cm³/mol. The second kappa shape index (κ2) is 9.06. The Labute approximate surface area is 168 Å². The van der Waals surface area contributed by atoms with Crippen molar-refractivity contribution in [2.75, 3.05) is 5.75 Å². The maximum Gasteiger partial charge on any atom is 0.230 e. The number of carbonyl (C=O) groups excluding carboxylic acids is 1. The molecule has 0 aliphatic rings. The summed E-state index contributed by atoms with van der Waals surface area (Å²) in [6, 6.07) is 15.5. The van der Waals surface area contributed by atoms with Gasteiger partial charge in [-0.15, -0.1) is 10.2 Å². The average Bonchev–Trinajstić information content (AvgIpc) is 3.15. The van der Waals surface area contributed by atoms with Gasteiger partial charge in [-0.3, -0.25) is 9.36 Å². The molecule has 1 unspecified atom stereocenters. The van der Waals surface area contributed by atoms with E-state index >= 15 is 0 Å². The molecule has 1 amide bonds. The van der Waals surface area contributed by atoms with E-state index in [2.05, 4.69) is 28.5 Å². The molecule has 5 nitrogen and oxygen atoms in total. The van der Waals surface area contributed by atoms with E-state index in [9.17, 15) is 4.79 Å². The first kappa shape index (κ1) is 19.5. The minimum absolute atomic E-state index is 0.0780. The summed E-state index contributed by atoms with van der Waals surface area (Å²) in [7, 11) is 0. The van der Waals surface area contributed by atoms with Crippen molar-refractivity contribution in [2.24, 2.45) is 0 Å². The van der Waals surface area contributed by atoms with Gasteiger partial charge in [-0.25, -0.2) is 0 Å². The van der Waals surface area contributed by atoms with Crippen molar-refractivity contribution in [3.05, 3.63) is 71.0 Å². The van der Waals surface area contributed by atoms with E-state index in [1.807, 2.05) is 54.0 Å². The van der Waals surface area contributed by atoms with Crippen LogP contribution in [0.25, 0.3) is 5.69 Å². The number of amides is 1. The van der Waals surface area contributed by atoms with E-state index in [0.717, 1.165) is 17.7 Å². The van der Waals surface area contributed by atoms with Gasteiger partial charge in [0.25, 0.3) is 0 Å². The number of nitrogens with one attached hydrogen (secondary N) is 1. The number of hydrogen-bond donors (Lipinski definition) is 1. The number of aromatic nitrogens is 3. The predicted octanol–water partition coefficient (Wildman–Crippen LogP) is 4.45. The zero-order valence-corrected chi connectivity index (χ0v) is 16.8. The van der Waals surface area contributed by atoms with Gasteiger partial charge < -0.3 is 5.32 Å². The lowest BCUT2D eigenvalue weighted by Crippen LogP contribution is -2.28. The SMILES string of the molecule is CCc1ccccc1-n1cnnc1SCC(=O)NC(C)c1ccccc1Cl. The number of rotatable bonds is 7. The number of hydrogen-bond acceptors (Lipinski definition) is 4. The van der Waals surface area contributed by atoms with Gasteiger partial charge in [-0.05, 0) is 36.6 Å². The molecule has 27 heavy (non-hydrogen) atoms. The van der Waals surface area contributed by atoms with Gasteiger partial charge in [-0.2, -0.15) is 0 Å². The number of para-hydroxylation sites is 1. The number of halogens is 1. The summed E-state index contributed by atoms with van der Waals surface area (Å²) >= 11 is 7.56. The van der Waals surface area contributed by atoms with Crippen molar-refractivity contribution in [2.45, 2.75) is 31.5 Å². The third-order valence-electron chi connectivity index (χ3n) is 4.23. The number of nitrogens with zero attached hydrogens (tertiary/aromatic N) is 3. The highest BCUT2D eigenvalue weighted by Gasteiger charge is 2.15. The summed E-state index contributed by atoms with van der Waals surface area (Å²) in [5.41, 5.74) is 3.14. The van der Waals surface area contributed by atoms with E-state index in [4.69, 9.17) is 11.6 Å². The number of benzene rings is 2. The maximum absolute atomic E-state index is 12.4. The second-order valence-electron chi connectivity index (χ2n) is 6.07. The highest BCUT2D eigenvalue weighted by Crippen LogP contribution is 2.24. The molecule has 1 heterocycles. The Morgan fingerprint density at radius 1 is 1.22 bits per heavy atom. The minimum atomic E-state index is -0.162. The third-order valence-corrected chi connectivity index (χ3v) is 5.52. The van der Waals surface area contributed by atoms with E-state index in [1.54, 1.807) is 6.33 Å². The fraction of sp³-hybridized carbons (Fsp3) is 0.250. The molecule has 0 spiro atoms. The first-order valence-corrected chi connectivity index (χ1v) is 10.1. The average molecular weight is 401 g/mol. The Kier molecular flexibility index (Phi) is 6.53. The van der Waals surface area contributed by atoms with Crippen molar-refractivity contribution >= 4 is 29.3 Å². The van der Waals surface area contributed by atoms with Gasteiger partial charge in [0.15, 0.2) is 5.16 Å². The maximum atomic E-state index is 12.4. The van der Waals surface area contributed by atoms with Gasteiger partial charge >= 0.3 is 0 Å². The molecule has 1 N–H and O–H groups in total. The molecule has 3 aromatic rings. The lowest BCUT2D eigenvalue weighted by Gasteiger charge is -2.15.